The Labute approximate surface area is 138 Å². The summed E-state index contributed by atoms with van der Waals surface area (Å²) in [5.41, 5.74) is 0.569. The van der Waals surface area contributed by atoms with Gasteiger partial charge in [-0.3, -0.25) is 4.79 Å². The number of carboxylic acid groups (broad SMARTS) is 1. The molecular formula is C16H19N3O3S. The second-order valence-electron chi connectivity index (χ2n) is 6.17. The summed E-state index contributed by atoms with van der Waals surface area (Å²) in [6.45, 7) is 6.46. The molecular weight excluding hydrogens is 314 g/mol. The van der Waals surface area contributed by atoms with Crippen molar-refractivity contribution in [2.75, 3.05) is 0 Å². The van der Waals surface area contributed by atoms with Gasteiger partial charge in [0.05, 0.1) is 18.5 Å². The van der Waals surface area contributed by atoms with Gasteiger partial charge in [0.1, 0.15) is 10.0 Å². The highest BCUT2D eigenvalue weighted by Gasteiger charge is 2.19. The molecule has 1 amide bonds. The van der Waals surface area contributed by atoms with Gasteiger partial charge in [0.25, 0.3) is 0 Å². The van der Waals surface area contributed by atoms with E-state index in [1.807, 2.05) is 0 Å². The molecule has 2 aromatic rings. The molecule has 7 heteroatoms. The van der Waals surface area contributed by atoms with Crippen molar-refractivity contribution < 1.29 is 14.7 Å². The van der Waals surface area contributed by atoms with E-state index < -0.39 is 5.97 Å². The van der Waals surface area contributed by atoms with Crippen molar-refractivity contribution in [1.29, 1.82) is 0 Å². The molecule has 1 heterocycles. The van der Waals surface area contributed by atoms with Crippen LogP contribution in [0.1, 0.15) is 46.7 Å². The zero-order chi connectivity index (χ0) is 17.0. The second kappa shape index (κ2) is 6.87. The maximum absolute atomic E-state index is 12.0. The number of benzene rings is 1. The van der Waals surface area contributed by atoms with E-state index in [0.29, 0.717) is 12.1 Å². The third kappa shape index (κ3) is 4.59. The van der Waals surface area contributed by atoms with Crippen LogP contribution < -0.4 is 5.32 Å². The first kappa shape index (κ1) is 17.1. The number of aromatic nitrogens is 2. The third-order valence-electron chi connectivity index (χ3n) is 3.14. The van der Waals surface area contributed by atoms with E-state index >= 15 is 0 Å². The Hall–Kier alpha value is -2.28. The summed E-state index contributed by atoms with van der Waals surface area (Å²) in [5.74, 6) is -1.28. The first-order chi connectivity index (χ1) is 10.8. The zero-order valence-corrected chi connectivity index (χ0v) is 14.1. The lowest BCUT2D eigenvalue weighted by molar-refractivity contribution is -0.120. The second-order valence-corrected chi connectivity index (χ2v) is 7.23. The molecule has 1 aromatic heterocycles. The van der Waals surface area contributed by atoms with Gasteiger partial charge in [-0.25, -0.2) is 4.79 Å². The summed E-state index contributed by atoms with van der Waals surface area (Å²) >= 11 is 1.47. The average molecular weight is 333 g/mol. The summed E-state index contributed by atoms with van der Waals surface area (Å²) in [6.07, 6.45) is 0.0212. The van der Waals surface area contributed by atoms with Crippen LogP contribution in [0, 0.1) is 0 Å². The van der Waals surface area contributed by atoms with Crippen LogP contribution in [0.4, 0.5) is 0 Å². The lowest BCUT2D eigenvalue weighted by atomic mass is 9.98. The van der Waals surface area contributed by atoms with Gasteiger partial charge in [-0.05, 0) is 11.6 Å². The van der Waals surface area contributed by atoms with E-state index in [1.165, 1.54) is 17.4 Å². The zero-order valence-electron chi connectivity index (χ0n) is 13.3. The maximum atomic E-state index is 12.0. The molecule has 0 radical (unpaired) electrons. The van der Waals surface area contributed by atoms with Crippen molar-refractivity contribution in [3.05, 3.63) is 45.4 Å². The molecule has 0 spiro atoms. The minimum atomic E-state index is -1.03. The van der Waals surface area contributed by atoms with Crippen LogP contribution in [-0.2, 0) is 23.2 Å². The van der Waals surface area contributed by atoms with Crippen LogP contribution in [0.15, 0.2) is 24.3 Å². The third-order valence-corrected chi connectivity index (χ3v) is 4.49. The van der Waals surface area contributed by atoms with E-state index in [9.17, 15) is 9.59 Å². The molecule has 0 aliphatic rings. The van der Waals surface area contributed by atoms with Crippen molar-refractivity contribution in [3.8, 4) is 0 Å². The predicted octanol–water partition coefficient (Wildman–Crippen LogP) is 2.39. The van der Waals surface area contributed by atoms with Gasteiger partial charge >= 0.3 is 5.97 Å². The Morgan fingerprint density at radius 1 is 1.22 bits per heavy atom. The minimum Gasteiger partial charge on any atom is -0.478 e. The van der Waals surface area contributed by atoms with E-state index in [4.69, 9.17) is 5.11 Å². The Bertz CT molecular complexity index is 719. The lowest BCUT2D eigenvalue weighted by Crippen LogP contribution is -2.25. The van der Waals surface area contributed by atoms with Gasteiger partial charge < -0.3 is 10.4 Å². The first-order valence-corrected chi connectivity index (χ1v) is 8.00. The minimum absolute atomic E-state index is 0.0212. The number of carbonyl (C=O) groups excluding carboxylic acids is 1. The monoisotopic (exact) mass is 333 g/mol. The number of aromatic carboxylic acids is 1. The lowest BCUT2D eigenvalue weighted by Gasteiger charge is -2.12. The summed E-state index contributed by atoms with van der Waals surface area (Å²) in [4.78, 5) is 23.1. The van der Waals surface area contributed by atoms with Crippen LogP contribution in [0.2, 0.25) is 0 Å². The molecule has 0 fully saturated rings. The van der Waals surface area contributed by atoms with Crippen LogP contribution >= 0.6 is 11.3 Å². The largest absolute Gasteiger partial charge is 0.478 e. The Morgan fingerprint density at radius 2 is 1.91 bits per heavy atom. The van der Waals surface area contributed by atoms with Gasteiger partial charge in [-0.15, -0.1) is 10.2 Å². The molecule has 2 N–H and O–H groups in total. The van der Waals surface area contributed by atoms with Crippen molar-refractivity contribution >= 4 is 23.2 Å². The van der Waals surface area contributed by atoms with E-state index in [1.54, 1.807) is 18.2 Å². The molecule has 0 saturated carbocycles. The summed E-state index contributed by atoms with van der Waals surface area (Å²) < 4.78 is 0. The van der Waals surface area contributed by atoms with Crippen LogP contribution in [-0.4, -0.2) is 27.2 Å². The quantitative estimate of drug-likeness (QED) is 0.876. The Kier molecular flexibility index (Phi) is 5.10. The standard InChI is InChI=1S/C16H19N3O3S/c1-16(2,3)15-19-18-13(23-15)9-17-12(20)8-10-6-4-5-7-11(10)14(21)22/h4-7H,8-9H2,1-3H3,(H,17,20)(H,21,22). The molecule has 0 aliphatic carbocycles. The number of hydrogen-bond acceptors (Lipinski definition) is 5. The Morgan fingerprint density at radius 3 is 2.52 bits per heavy atom. The Balaban J connectivity index is 1.96. The highest BCUT2D eigenvalue weighted by atomic mass is 32.1. The molecule has 0 saturated heterocycles. The van der Waals surface area contributed by atoms with E-state index in [2.05, 4.69) is 36.3 Å². The number of nitrogens with zero attached hydrogens (tertiary/aromatic N) is 2. The number of carboxylic acids is 1. The number of carbonyl (C=O) groups is 2. The molecule has 0 atom stereocenters. The summed E-state index contributed by atoms with van der Waals surface area (Å²) in [6, 6.07) is 6.49. The topological polar surface area (TPSA) is 92.2 Å². The number of amides is 1. The average Bonchev–Trinajstić information content (AvgIpc) is 2.94. The molecule has 1 aromatic carbocycles. The normalized spacial score (nSPS) is 11.3. The number of hydrogen-bond donors (Lipinski definition) is 2. The smallest absolute Gasteiger partial charge is 0.335 e. The van der Waals surface area contributed by atoms with Crippen molar-refractivity contribution in [2.45, 2.75) is 39.2 Å². The molecule has 6 nitrogen and oxygen atoms in total. The van der Waals surface area contributed by atoms with Crippen LogP contribution in [0.5, 0.6) is 0 Å². The van der Waals surface area contributed by atoms with Crippen molar-refractivity contribution in [2.24, 2.45) is 0 Å². The van der Waals surface area contributed by atoms with Gasteiger partial charge in [-0.1, -0.05) is 50.3 Å². The molecule has 0 bridgehead atoms. The fraction of sp³-hybridized carbons (Fsp3) is 0.375. The fourth-order valence-corrected chi connectivity index (χ4v) is 2.76. The highest BCUT2D eigenvalue weighted by Crippen LogP contribution is 2.25. The fourth-order valence-electron chi connectivity index (χ4n) is 1.92. The van der Waals surface area contributed by atoms with Crippen LogP contribution in [0.25, 0.3) is 0 Å². The van der Waals surface area contributed by atoms with Crippen LogP contribution in [0.3, 0.4) is 0 Å². The van der Waals surface area contributed by atoms with E-state index in [0.717, 1.165) is 10.0 Å². The first-order valence-electron chi connectivity index (χ1n) is 7.18. The molecule has 23 heavy (non-hydrogen) atoms. The number of rotatable bonds is 5. The van der Waals surface area contributed by atoms with Crippen molar-refractivity contribution in [1.82, 2.24) is 15.5 Å². The molecule has 2 rings (SSSR count). The van der Waals surface area contributed by atoms with E-state index in [-0.39, 0.29) is 23.3 Å². The number of nitrogens with one attached hydrogen (secondary N) is 1. The molecule has 0 unspecified atom stereocenters. The van der Waals surface area contributed by atoms with Gasteiger partial charge in [0, 0.05) is 5.41 Å². The summed E-state index contributed by atoms with van der Waals surface area (Å²) in [7, 11) is 0. The summed E-state index contributed by atoms with van der Waals surface area (Å²) in [5, 5.41) is 21.7. The highest BCUT2D eigenvalue weighted by molar-refractivity contribution is 7.11. The molecule has 0 aliphatic heterocycles. The van der Waals surface area contributed by atoms with Gasteiger partial charge in [0.2, 0.25) is 5.91 Å². The maximum Gasteiger partial charge on any atom is 0.335 e. The van der Waals surface area contributed by atoms with Crippen molar-refractivity contribution in [3.63, 3.8) is 0 Å². The van der Waals surface area contributed by atoms with Gasteiger partial charge in [-0.2, -0.15) is 0 Å². The van der Waals surface area contributed by atoms with Gasteiger partial charge in [0.15, 0.2) is 0 Å². The predicted molar refractivity (Wildman–Crippen MR) is 87.6 cm³/mol. The SMILES string of the molecule is CC(C)(C)c1nnc(CNC(=O)Cc2ccccc2C(=O)O)s1. The molecule has 122 valence electrons.